The molecule has 1 aromatic carbocycles. The van der Waals surface area contributed by atoms with Crippen LogP contribution < -0.4 is 5.32 Å². The summed E-state index contributed by atoms with van der Waals surface area (Å²) in [6, 6.07) is 6.21. The summed E-state index contributed by atoms with van der Waals surface area (Å²) < 4.78 is 5.24. The van der Waals surface area contributed by atoms with Gasteiger partial charge in [-0.15, -0.1) is 11.3 Å². The van der Waals surface area contributed by atoms with Gasteiger partial charge in [0.2, 0.25) is 0 Å². The fraction of sp³-hybridized carbons (Fsp3) is 0.412. The van der Waals surface area contributed by atoms with Gasteiger partial charge in [0.25, 0.3) is 0 Å². The Kier molecular flexibility index (Phi) is 4.75. The quantitative estimate of drug-likeness (QED) is 0.881. The standard InChI is InChI=1S/C17H20N2O3S/c1-10-3-4-12(7-11(10)2)16-19-9-13(23-16)8-18-14-5-6-22-15(14)17(20)21/h3-4,7,9,14-15,18H,5-6,8H2,1-2H3,(H,20,21)/t14-,15+/m1/s1. The van der Waals surface area contributed by atoms with Crippen molar-refractivity contribution in [3.63, 3.8) is 0 Å². The van der Waals surface area contributed by atoms with Crippen LogP contribution in [0.1, 0.15) is 22.4 Å². The average molecular weight is 332 g/mol. The Hall–Kier alpha value is -1.76. The van der Waals surface area contributed by atoms with Gasteiger partial charge in [0, 0.05) is 35.8 Å². The monoisotopic (exact) mass is 332 g/mol. The van der Waals surface area contributed by atoms with Crippen LogP contribution in [0.3, 0.4) is 0 Å². The summed E-state index contributed by atoms with van der Waals surface area (Å²) in [7, 11) is 0. The van der Waals surface area contributed by atoms with Gasteiger partial charge < -0.3 is 15.2 Å². The number of rotatable bonds is 5. The Balaban J connectivity index is 1.65. The third-order valence-corrected chi connectivity index (χ3v) is 5.23. The minimum absolute atomic E-state index is 0.139. The number of thiazole rings is 1. The number of carboxylic acid groups (broad SMARTS) is 1. The molecule has 0 aliphatic carbocycles. The van der Waals surface area contributed by atoms with Crippen molar-refractivity contribution in [2.75, 3.05) is 6.61 Å². The van der Waals surface area contributed by atoms with E-state index in [1.165, 1.54) is 11.1 Å². The van der Waals surface area contributed by atoms with Crippen LogP contribution in [0.2, 0.25) is 0 Å². The second-order valence-corrected chi connectivity index (χ2v) is 6.95. The molecule has 1 saturated heterocycles. The predicted molar refractivity (Wildman–Crippen MR) is 89.6 cm³/mol. The number of hydrogen-bond acceptors (Lipinski definition) is 5. The van der Waals surface area contributed by atoms with Crippen LogP contribution in [0.15, 0.2) is 24.4 Å². The summed E-state index contributed by atoms with van der Waals surface area (Å²) in [6.07, 6.45) is 1.83. The number of aromatic nitrogens is 1. The van der Waals surface area contributed by atoms with Crippen molar-refractivity contribution in [3.05, 3.63) is 40.4 Å². The Morgan fingerprint density at radius 2 is 2.26 bits per heavy atom. The molecule has 1 aliphatic rings. The molecule has 1 aromatic heterocycles. The number of hydrogen-bond donors (Lipinski definition) is 2. The summed E-state index contributed by atoms with van der Waals surface area (Å²) in [6.45, 7) is 5.30. The van der Waals surface area contributed by atoms with Crippen LogP contribution >= 0.6 is 11.3 Å². The number of carbonyl (C=O) groups is 1. The smallest absolute Gasteiger partial charge is 0.334 e. The lowest BCUT2D eigenvalue weighted by molar-refractivity contribution is -0.148. The molecule has 0 bridgehead atoms. The number of aliphatic carboxylic acids is 1. The summed E-state index contributed by atoms with van der Waals surface area (Å²) in [5, 5.41) is 13.4. The van der Waals surface area contributed by atoms with Gasteiger partial charge in [0.1, 0.15) is 5.01 Å². The minimum atomic E-state index is -0.903. The minimum Gasteiger partial charge on any atom is -0.479 e. The molecule has 0 spiro atoms. The van der Waals surface area contributed by atoms with Crippen LogP contribution in [0.25, 0.3) is 10.6 Å². The molecule has 3 rings (SSSR count). The summed E-state index contributed by atoms with van der Waals surface area (Å²) in [5.74, 6) is -0.903. The molecule has 2 N–H and O–H groups in total. The Morgan fingerprint density at radius 3 is 3.00 bits per heavy atom. The summed E-state index contributed by atoms with van der Waals surface area (Å²) in [4.78, 5) is 16.7. The van der Waals surface area contributed by atoms with Crippen LogP contribution in [-0.4, -0.2) is 34.8 Å². The van der Waals surface area contributed by atoms with Crippen molar-refractivity contribution in [1.29, 1.82) is 0 Å². The number of aryl methyl sites for hydroxylation is 2. The van der Waals surface area contributed by atoms with E-state index in [1.807, 2.05) is 6.20 Å². The maximum atomic E-state index is 11.1. The van der Waals surface area contributed by atoms with E-state index in [1.54, 1.807) is 11.3 Å². The number of benzene rings is 1. The molecule has 0 saturated carbocycles. The van der Waals surface area contributed by atoms with E-state index in [-0.39, 0.29) is 6.04 Å². The topological polar surface area (TPSA) is 71.5 Å². The van der Waals surface area contributed by atoms with Crippen LogP contribution in [-0.2, 0) is 16.1 Å². The Bertz CT molecular complexity index is 714. The highest BCUT2D eigenvalue weighted by molar-refractivity contribution is 7.15. The molecule has 1 fully saturated rings. The normalized spacial score (nSPS) is 20.8. The molecule has 0 amide bonds. The number of ether oxygens (including phenoxy) is 1. The summed E-state index contributed by atoms with van der Waals surface area (Å²) >= 11 is 1.63. The van der Waals surface area contributed by atoms with Gasteiger partial charge in [-0.05, 0) is 37.5 Å². The molecular weight excluding hydrogens is 312 g/mol. The number of carboxylic acids is 1. The van der Waals surface area contributed by atoms with Crippen molar-refractivity contribution in [3.8, 4) is 10.6 Å². The van der Waals surface area contributed by atoms with Crippen LogP contribution in [0.5, 0.6) is 0 Å². The first-order valence-electron chi connectivity index (χ1n) is 7.64. The number of nitrogens with one attached hydrogen (secondary N) is 1. The van der Waals surface area contributed by atoms with E-state index in [0.29, 0.717) is 13.2 Å². The third-order valence-electron chi connectivity index (χ3n) is 4.18. The van der Waals surface area contributed by atoms with E-state index in [0.717, 1.165) is 21.9 Å². The Labute approximate surface area is 139 Å². The molecule has 1 aliphatic heterocycles. The lowest BCUT2D eigenvalue weighted by Gasteiger charge is -2.15. The van der Waals surface area contributed by atoms with Crippen molar-refractivity contribution in [2.24, 2.45) is 0 Å². The highest BCUT2D eigenvalue weighted by atomic mass is 32.1. The van der Waals surface area contributed by atoms with Gasteiger partial charge in [-0.1, -0.05) is 12.1 Å². The van der Waals surface area contributed by atoms with Crippen molar-refractivity contribution >= 4 is 17.3 Å². The first kappa shape index (κ1) is 16.1. The second kappa shape index (κ2) is 6.78. The van der Waals surface area contributed by atoms with Crippen molar-refractivity contribution in [1.82, 2.24) is 10.3 Å². The van der Waals surface area contributed by atoms with Gasteiger partial charge >= 0.3 is 5.97 Å². The SMILES string of the molecule is Cc1ccc(-c2ncc(CN[C@@H]3CCO[C@@H]3C(=O)O)s2)cc1C. The highest BCUT2D eigenvalue weighted by Crippen LogP contribution is 2.27. The van der Waals surface area contributed by atoms with Gasteiger partial charge in [-0.2, -0.15) is 0 Å². The molecule has 2 atom stereocenters. The zero-order chi connectivity index (χ0) is 16.4. The Morgan fingerprint density at radius 1 is 1.43 bits per heavy atom. The predicted octanol–water partition coefficient (Wildman–Crippen LogP) is 2.76. The first-order valence-corrected chi connectivity index (χ1v) is 8.46. The lowest BCUT2D eigenvalue weighted by atomic mass is 10.1. The molecule has 5 nitrogen and oxygen atoms in total. The fourth-order valence-electron chi connectivity index (χ4n) is 2.67. The molecule has 122 valence electrons. The maximum absolute atomic E-state index is 11.1. The molecule has 2 heterocycles. The van der Waals surface area contributed by atoms with Crippen molar-refractivity contribution < 1.29 is 14.6 Å². The van der Waals surface area contributed by atoms with E-state index in [9.17, 15) is 4.79 Å². The van der Waals surface area contributed by atoms with Gasteiger partial charge in [-0.3, -0.25) is 0 Å². The van der Waals surface area contributed by atoms with E-state index in [4.69, 9.17) is 9.84 Å². The number of nitrogens with zero attached hydrogens (tertiary/aromatic N) is 1. The van der Waals surface area contributed by atoms with E-state index < -0.39 is 12.1 Å². The lowest BCUT2D eigenvalue weighted by Crippen LogP contribution is -2.40. The molecule has 0 radical (unpaired) electrons. The van der Waals surface area contributed by atoms with Gasteiger partial charge in [-0.25, -0.2) is 9.78 Å². The third kappa shape index (κ3) is 3.60. The zero-order valence-electron chi connectivity index (χ0n) is 13.2. The largest absolute Gasteiger partial charge is 0.479 e. The fourth-order valence-corrected chi connectivity index (χ4v) is 3.53. The second-order valence-electron chi connectivity index (χ2n) is 5.84. The van der Waals surface area contributed by atoms with E-state index >= 15 is 0 Å². The van der Waals surface area contributed by atoms with Crippen molar-refractivity contribution in [2.45, 2.75) is 39.0 Å². The zero-order valence-corrected chi connectivity index (χ0v) is 14.0. The summed E-state index contributed by atoms with van der Waals surface area (Å²) in [5.41, 5.74) is 3.65. The molecule has 6 heteroatoms. The molecular formula is C17H20N2O3S. The highest BCUT2D eigenvalue weighted by Gasteiger charge is 2.33. The first-order chi connectivity index (χ1) is 11.0. The molecule has 23 heavy (non-hydrogen) atoms. The van der Waals surface area contributed by atoms with Crippen LogP contribution in [0, 0.1) is 13.8 Å². The van der Waals surface area contributed by atoms with Gasteiger partial charge in [0.15, 0.2) is 6.10 Å². The van der Waals surface area contributed by atoms with Crippen LogP contribution in [0.4, 0.5) is 0 Å². The molecule has 0 unspecified atom stereocenters. The maximum Gasteiger partial charge on any atom is 0.334 e. The molecule has 2 aromatic rings. The van der Waals surface area contributed by atoms with E-state index in [2.05, 4.69) is 42.3 Å². The average Bonchev–Trinajstić information content (AvgIpc) is 3.16. The van der Waals surface area contributed by atoms with Gasteiger partial charge in [0.05, 0.1) is 0 Å².